The molecule has 6 nitrogen and oxygen atoms in total. The number of hydrogen-bond donors (Lipinski definition) is 2. The van der Waals surface area contributed by atoms with Crippen LogP contribution >= 0.6 is 23.5 Å². The van der Waals surface area contributed by atoms with Crippen LogP contribution in [-0.4, -0.2) is 47.1 Å². The molecule has 0 saturated heterocycles. The van der Waals surface area contributed by atoms with Crippen LogP contribution in [0.4, 0.5) is 11.6 Å². The molecule has 21 heavy (non-hydrogen) atoms. The molecule has 0 spiro atoms. The molecule has 2 aromatic heterocycles. The second-order valence-corrected chi connectivity index (χ2v) is 6.43. The first-order valence-corrected chi connectivity index (χ1v) is 8.61. The standard InChI is InChI=1S/C13H21N5OS2/c1-14-12-13(17-21-16-12)15-6-7-20-9-11-5-4-10(19-11)8-18(2)3/h4-5H,6-9H2,1-3H3,(H,14,16)(H,15,17). The highest BCUT2D eigenvalue weighted by Gasteiger charge is 2.05. The lowest BCUT2D eigenvalue weighted by molar-refractivity contribution is 0.344. The molecule has 0 atom stereocenters. The minimum atomic E-state index is 0.810. The van der Waals surface area contributed by atoms with Crippen LogP contribution in [0.2, 0.25) is 0 Å². The Bertz CT molecular complexity index is 540. The second kappa shape index (κ2) is 8.26. The number of anilines is 2. The lowest BCUT2D eigenvalue weighted by atomic mass is 10.4. The number of nitrogens with one attached hydrogen (secondary N) is 2. The van der Waals surface area contributed by atoms with Gasteiger partial charge in [0, 0.05) is 19.3 Å². The van der Waals surface area contributed by atoms with Crippen molar-refractivity contribution in [3.63, 3.8) is 0 Å². The van der Waals surface area contributed by atoms with Gasteiger partial charge in [-0.05, 0) is 26.2 Å². The maximum absolute atomic E-state index is 5.77. The Morgan fingerprint density at radius 2 is 2.00 bits per heavy atom. The summed E-state index contributed by atoms with van der Waals surface area (Å²) in [4.78, 5) is 2.10. The Morgan fingerprint density at radius 3 is 2.76 bits per heavy atom. The normalized spacial score (nSPS) is 11.0. The molecule has 0 aromatic carbocycles. The number of thioether (sulfide) groups is 1. The molecule has 2 heterocycles. The third kappa shape index (κ3) is 5.22. The first kappa shape index (κ1) is 16.1. The maximum atomic E-state index is 5.77. The maximum Gasteiger partial charge on any atom is 0.184 e. The van der Waals surface area contributed by atoms with Crippen molar-refractivity contribution in [3.8, 4) is 0 Å². The molecule has 0 aliphatic rings. The van der Waals surface area contributed by atoms with Gasteiger partial charge in [0.2, 0.25) is 0 Å². The zero-order chi connectivity index (χ0) is 15.1. The van der Waals surface area contributed by atoms with Gasteiger partial charge < -0.3 is 20.0 Å². The van der Waals surface area contributed by atoms with Crippen LogP contribution in [0.1, 0.15) is 11.5 Å². The van der Waals surface area contributed by atoms with Gasteiger partial charge in [0.1, 0.15) is 11.5 Å². The van der Waals surface area contributed by atoms with E-state index < -0.39 is 0 Å². The molecule has 116 valence electrons. The summed E-state index contributed by atoms with van der Waals surface area (Å²) in [6, 6.07) is 4.11. The van der Waals surface area contributed by atoms with Crippen molar-refractivity contribution in [2.75, 3.05) is 44.1 Å². The summed E-state index contributed by atoms with van der Waals surface area (Å²) in [6.07, 6.45) is 0. The Kier molecular flexibility index (Phi) is 6.34. The van der Waals surface area contributed by atoms with E-state index in [1.165, 1.54) is 11.7 Å². The number of aromatic nitrogens is 2. The van der Waals surface area contributed by atoms with E-state index in [4.69, 9.17) is 4.42 Å². The van der Waals surface area contributed by atoms with Crippen molar-refractivity contribution in [2.45, 2.75) is 12.3 Å². The predicted molar refractivity (Wildman–Crippen MR) is 90.2 cm³/mol. The molecule has 8 heteroatoms. The van der Waals surface area contributed by atoms with E-state index in [0.29, 0.717) is 0 Å². The monoisotopic (exact) mass is 327 g/mol. The zero-order valence-electron chi connectivity index (χ0n) is 12.5. The van der Waals surface area contributed by atoms with Crippen molar-refractivity contribution >= 4 is 35.1 Å². The smallest absolute Gasteiger partial charge is 0.184 e. The largest absolute Gasteiger partial charge is 0.464 e. The summed E-state index contributed by atoms with van der Waals surface area (Å²) in [5.74, 6) is 5.57. The van der Waals surface area contributed by atoms with Gasteiger partial charge in [-0.3, -0.25) is 0 Å². The third-order valence-electron chi connectivity index (χ3n) is 2.70. The molecular weight excluding hydrogens is 306 g/mol. The summed E-state index contributed by atoms with van der Waals surface area (Å²) >= 11 is 3.05. The number of furan rings is 1. The van der Waals surface area contributed by atoms with E-state index in [0.717, 1.165) is 47.8 Å². The molecule has 2 rings (SSSR count). The van der Waals surface area contributed by atoms with Gasteiger partial charge in [-0.25, -0.2) is 0 Å². The molecule has 2 aromatic rings. The fourth-order valence-electron chi connectivity index (χ4n) is 1.78. The van der Waals surface area contributed by atoms with Crippen LogP contribution in [0, 0.1) is 0 Å². The number of nitrogens with zero attached hydrogens (tertiary/aromatic N) is 3. The Hall–Kier alpha value is -1.25. The Balaban J connectivity index is 1.64. The lowest BCUT2D eigenvalue weighted by Gasteiger charge is -2.06. The van der Waals surface area contributed by atoms with Crippen LogP contribution in [0.5, 0.6) is 0 Å². The summed E-state index contributed by atoms with van der Waals surface area (Å²) in [5.41, 5.74) is 0. The summed E-state index contributed by atoms with van der Waals surface area (Å²) in [6.45, 7) is 1.70. The van der Waals surface area contributed by atoms with E-state index >= 15 is 0 Å². The molecule has 0 fully saturated rings. The highest BCUT2D eigenvalue weighted by atomic mass is 32.2. The summed E-state index contributed by atoms with van der Waals surface area (Å²) in [5, 5.41) is 6.29. The van der Waals surface area contributed by atoms with Gasteiger partial charge in [-0.1, -0.05) is 0 Å². The minimum Gasteiger partial charge on any atom is -0.464 e. The van der Waals surface area contributed by atoms with Crippen molar-refractivity contribution in [1.82, 2.24) is 13.6 Å². The van der Waals surface area contributed by atoms with E-state index in [-0.39, 0.29) is 0 Å². The lowest BCUT2D eigenvalue weighted by Crippen LogP contribution is -2.09. The average molecular weight is 327 g/mol. The first-order chi connectivity index (χ1) is 10.2. The topological polar surface area (TPSA) is 66.2 Å². The molecular formula is C13H21N5OS2. The third-order valence-corrected chi connectivity index (χ3v) is 4.21. The predicted octanol–water partition coefficient (Wildman–Crippen LogP) is 2.58. The van der Waals surface area contributed by atoms with Gasteiger partial charge >= 0.3 is 0 Å². The summed E-state index contributed by atoms with van der Waals surface area (Å²) in [7, 11) is 5.92. The molecule has 0 amide bonds. The van der Waals surface area contributed by atoms with Crippen LogP contribution in [0.25, 0.3) is 0 Å². The van der Waals surface area contributed by atoms with E-state index in [1.54, 1.807) is 0 Å². The van der Waals surface area contributed by atoms with Gasteiger partial charge in [-0.15, -0.1) is 0 Å². The Morgan fingerprint density at radius 1 is 1.24 bits per heavy atom. The quantitative estimate of drug-likeness (QED) is 0.686. The van der Waals surface area contributed by atoms with Crippen LogP contribution in [0.3, 0.4) is 0 Å². The molecule has 0 saturated carbocycles. The van der Waals surface area contributed by atoms with Gasteiger partial charge in [0.15, 0.2) is 11.6 Å². The SMILES string of the molecule is CNc1nsnc1NCCSCc1ccc(CN(C)C)o1. The number of rotatable bonds is 9. The van der Waals surface area contributed by atoms with E-state index in [1.807, 2.05) is 39.0 Å². The van der Waals surface area contributed by atoms with Crippen molar-refractivity contribution in [3.05, 3.63) is 23.7 Å². The van der Waals surface area contributed by atoms with Gasteiger partial charge in [0.25, 0.3) is 0 Å². The Labute approximate surface area is 133 Å². The van der Waals surface area contributed by atoms with E-state index in [9.17, 15) is 0 Å². The van der Waals surface area contributed by atoms with Crippen molar-refractivity contribution < 1.29 is 4.42 Å². The fraction of sp³-hybridized carbons (Fsp3) is 0.538. The van der Waals surface area contributed by atoms with Crippen molar-refractivity contribution in [2.24, 2.45) is 0 Å². The molecule has 0 unspecified atom stereocenters. The zero-order valence-corrected chi connectivity index (χ0v) is 14.2. The van der Waals surface area contributed by atoms with Gasteiger partial charge in [-0.2, -0.15) is 20.5 Å². The average Bonchev–Trinajstić information content (AvgIpc) is 3.07. The molecule has 0 aliphatic heterocycles. The van der Waals surface area contributed by atoms with E-state index in [2.05, 4.69) is 30.3 Å². The molecule has 0 bridgehead atoms. The fourth-order valence-corrected chi connectivity index (χ4v) is 3.06. The molecule has 2 N–H and O–H groups in total. The number of hydrogen-bond acceptors (Lipinski definition) is 8. The second-order valence-electron chi connectivity index (χ2n) is 4.80. The first-order valence-electron chi connectivity index (χ1n) is 6.73. The highest BCUT2D eigenvalue weighted by molar-refractivity contribution is 7.98. The van der Waals surface area contributed by atoms with Gasteiger partial charge in [0.05, 0.1) is 24.0 Å². The molecule has 0 aliphatic carbocycles. The minimum absolute atomic E-state index is 0.810. The van der Waals surface area contributed by atoms with Crippen LogP contribution < -0.4 is 10.6 Å². The van der Waals surface area contributed by atoms with Crippen LogP contribution in [-0.2, 0) is 12.3 Å². The van der Waals surface area contributed by atoms with Crippen LogP contribution in [0.15, 0.2) is 16.5 Å². The van der Waals surface area contributed by atoms with Crippen molar-refractivity contribution in [1.29, 1.82) is 0 Å². The highest BCUT2D eigenvalue weighted by Crippen LogP contribution is 2.19. The summed E-state index contributed by atoms with van der Waals surface area (Å²) < 4.78 is 14.1. The molecule has 0 radical (unpaired) electrons.